The van der Waals surface area contributed by atoms with E-state index in [1.165, 1.54) is 6.42 Å². The number of hydrogen-bond acceptors (Lipinski definition) is 1. The lowest BCUT2D eigenvalue weighted by molar-refractivity contribution is -0.115. The maximum atomic E-state index is 11.1. The number of hydrogen-bond donors (Lipinski definition) is 0. The zero-order valence-electron chi connectivity index (χ0n) is 7.62. The van der Waals surface area contributed by atoms with Crippen molar-refractivity contribution in [3.63, 3.8) is 0 Å². The zero-order valence-corrected chi connectivity index (χ0v) is 7.62. The Morgan fingerprint density at radius 2 is 2.17 bits per heavy atom. The van der Waals surface area contributed by atoms with Gasteiger partial charge < -0.3 is 0 Å². The van der Waals surface area contributed by atoms with Crippen LogP contribution in [0.25, 0.3) is 0 Å². The highest BCUT2D eigenvalue weighted by Crippen LogP contribution is 2.29. The molecule has 1 saturated carbocycles. The van der Waals surface area contributed by atoms with Gasteiger partial charge in [-0.05, 0) is 25.3 Å². The fraction of sp³-hybridized carbons (Fsp3) is 0.545. The Bertz CT molecular complexity index is 197. The van der Waals surface area contributed by atoms with E-state index in [2.05, 4.69) is 13.0 Å². The topological polar surface area (TPSA) is 17.1 Å². The largest absolute Gasteiger partial charge is 0.295 e. The molecule has 0 aromatic heterocycles. The van der Waals surface area contributed by atoms with Crippen LogP contribution in [0.15, 0.2) is 24.3 Å². The number of rotatable bonds is 5. The standard InChI is InChI=1S/C11H16O/c1-2-3-4-5-6-7-11(12)10-8-9-10/h4-7,10H,2-3,8-9H2,1H3/b5-4-,7-6+. The van der Waals surface area contributed by atoms with Crippen LogP contribution in [0.3, 0.4) is 0 Å². The predicted molar refractivity (Wildman–Crippen MR) is 50.9 cm³/mol. The monoisotopic (exact) mass is 164 g/mol. The van der Waals surface area contributed by atoms with Crippen LogP contribution in [0.2, 0.25) is 0 Å². The van der Waals surface area contributed by atoms with Gasteiger partial charge in [-0.25, -0.2) is 0 Å². The third-order valence-electron chi connectivity index (χ3n) is 1.94. The van der Waals surface area contributed by atoms with Crippen LogP contribution < -0.4 is 0 Å². The Balaban J connectivity index is 2.15. The molecule has 0 amide bonds. The number of carbonyl (C=O) groups is 1. The van der Waals surface area contributed by atoms with Crippen molar-refractivity contribution in [3.05, 3.63) is 24.3 Å². The fourth-order valence-corrected chi connectivity index (χ4v) is 0.996. The molecule has 0 spiro atoms. The van der Waals surface area contributed by atoms with Gasteiger partial charge in [-0.1, -0.05) is 31.6 Å². The molecule has 1 fully saturated rings. The smallest absolute Gasteiger partial charge is 0.158 e. The van der Waals surface area contributed by atoms with Crippen LogP contribution >= 0.6 is 0 Å². The summed E-state index contributed by atoms with van der Waals surface area (Å²) in [4.78, 5) is 11.1. The quantitative estimate of drug-likeness (QED) is 0.451. The van der Waals surface area contributed by atoms with E-state index in [9.17, 15) is 4.79 Å². The molecule has 0 N–H and O–H groups in total. The molecule has 12 heavy (non-hydrogen) atoms. The molecule has 0 saturated heterocycles. The SMILES string of the molecule is CCC/C=C\C=C\C(=O)C1CC1. The molecule has 0 unspecified atom stereocenters. The zero-order chi connectivity index (χ0) is 8.81. The van der Waals surface area contributed by atoms with Crippen molar-refractivity contribution in [3.8, 4) is 0 Å². The highest BCUT2D eigenvalue weighted by atomic mass is 16.1. The summed E-state index contributed by atoms with van der Waals surface area (Å²) in [6.45, 7) is 2.14. The minimum Gasteiger partial charge on any atom is -0.295 e. The molecule has 0 aromatic rings. The van der Waals surface area contributed by atoms with E-state index in [4.69, 9.17) is 0 Å². The first kappa shape index (κ1) is 9.24. The van der Waals surface area contributed by atoms with E-state index < -0.39 is 0 Å². The third-order valence-corrected chi connectivity index (χ3v) is 1.94. The first-order valence-corrected chi connectivity index (χ1v) is 4.71. The summed E-state index contributed by atoms with van der Waals surface area (Å²) in [7, 11) is 0. The highest BCUT2D eigenvalue weighted by Gasteiger charge is 2.27. The van der Waals surface area contributed by atoms with Gasteiger partial charge in [0.25, 0.3) is 0 Å². The molecule has 0 heterocycles. The molecule has 0 radical (unpaired) electrons. The number of unbranched alkanes of at least 4 members (excludes halogenated alkanes) is 1. The maximum Gasteiger partial charge on any atom is 0.158 e. The van der Waals surface area contributed by atoms with E-state index in [1.807, 2.05) is 12.2 Å². The lowest BCUT2D eigenvalue weighted by Crippen LogP contribution is -1.92. The van der Waals surface area contributed by atoms with Crippen LogP contribution in [-0.2, 0) is 4.79 Å². The first-order chi connectivity index (χ1) is 5.84. The third kappa shape index (κ3) is 3.51. The van der Waals surface area contributed by atoms with Gasteiger partial charge in [0.05, 0.1) is 0 Å². The van der Waals surface area contributed by atoms with Crippen molar-refractivity contribution < 1.29 is 4.79 Å². The Morgan fingerprint density at radius 3 is 2.75 bits per heavy atom. The second-order valence-electron chi connectivity index (χ2n) is 3.25. The fourth-order valence-electron chi connectivity index (χ4n) is 0.996. The van der Waals surface area contributed by atoms with Crippen LogP contribution in [0, 0.1) is 5.92 Å². The van der Waals surface area contributed by atoms with Crippen molar-refractivity contribution in [2.24, 2.45) is 5.92 Å². The molecular weight excluding hydrogens is 148 g/mol. The van der Waals surface area contributed by atoms with E-state index in [-0.39, 0.29) is 0 Å². The lowest BCUT2D eigenvalue weighted by atomic mass is 10.2. The van der Waals surface area contributed by atoms with Gasteiger partial charge in [0.1, 0.15) is 0 Å². The summed E-state index contributed by atoms with van der Waals surface area (Å²) in [5, 5.41) is 0. The molecule has 0 aromatic carbocycles. The minimum absolute atomic E-state index is 0.302. The van der Waals surface area contributed by atoms with Crippen LogP contribution in [-0.4, -0.2) is 5.78 Å². The summed E-state index contributed by atoms with van der Waals surface area (Å²) in [5.41, 5.74) is 0. The van der Waals surface area contributed by atoms with Gasteiger partial charge in [0, 0.05) is 5.92 Å². The summed E-state index contributed by atoms with van der Waals surface area (Å²) < 4.78 is 0. The molecule has 1 nitrogen and oxygen atoms in total. The molecule has 1 aliphatic carbocycles. The van der Waals surface area contributed by atoms with Crippen molar-refractivity contribution in [2.75, 3.05) is 0 Å². The Labute approximate surface area is 74.2 Å². The Hall–Kier alpha value is -0.850. The molecule has 0 atom stereocenters. The van der Waals surface area contributed by atoms with E-state index >= 15 is 0 Å². The van der Waals surface area contributed by atoms with Crippen LogP contribution in [0.1, 0.15) is 32.6 Å². The number of ketones is 1. The van der Waals surface area contributed by atoms with Gasteiger partial charge in [-0.15, -0.1) is 0 Å². The van der Waals surface area contributed by atoms with Crippen molar-refractivity contribution in [2.45, 2.75) is 32.6 Å². The van der Waals surface area contributed by atoms with Gasteiger partial charge in [-0.3, -0.25) is 4.79 Å². The van der Waals surface area contributed by atoms with Crippen LogP contribution in [0.4, 0.5) is 0 Å². The average molecular weight is 164 g/mol. The summed E-state index contributed by atoms with van der Waals surface area (Å²) in [6.07, 6.45) is 12.1. The van der Waals surface area contributed by atoms with E-state index in [0.29, 0.717) is 11.7 Å². The molecule has 1 rings (SSSR count). The Kier molecular flexibility index (Phi) is 3.78. The predicted octanol–water partition coefficient (Wildman–Crippen LogP) is 2.88. The summed E-state index contributed by atoms with van der Waals surface area (Å²) in [6, 6.07) is 0. The number of carbonyl (C=O) groups excluding carboxylic acids is 1. The molecular formula is C11H16O. The van der Waals surface area contributed by atoms with Gasteiger partial charge in [0.2, 0.25) is 0 Å². The highest BCUT2D eigenvalue weighted by molar-refractivity contribution is 5.93. The van der Waals surface area contributed by atoms with Crippen molar-refractivity contribution in [1.29, 1.82) is 0 Å². The van der Waals surface area contributed by atoms with Crippen LogP contribution in [0.5, 0.6) is 0 Å². The molecule has 66 valence electrons. The first-order valence-electron chi connectivity index (χ1n) is 4.71. The van der Waals surface area contributed by atoms with Gasteiger partial charge in [0.15, 0.2) is 5.78 Å². The molecule has 0 bridgehead atoms. The second kappa shape index (κ2) is 4.91. The van der Waals surface area contributed by atoms with E-state index in [0.717, 1.165) is 19.3 Å². The van der Waals surface area contributed by atoms with Gasteiger partial charge in [-0.2, -0.15) is 0 Å². The number of allylic oxidation sites excluding steroid dienone is 4. The lowest BCUT2D eigenvalue weighted by Gasteiger charge is -1.84. The van der Waals surface area contributed by atoms with Crippen molar-refractivity contribution >= 4 is 5.78 Å². The molecule has 1 aliphatic rings. The Morgan fingerprint density at radius 1 is 1.42 bits per heavy atom. The minimum atomic E-state index is 0.302. The van der Waals surface area contributed by atoms with Gasteiger partial charge >= 0.3 is 0 Å². The van der Waals surface area contributed by atoms with Crippen molar-refractivity contribution in [1.82, 2.24) is 0 Å². The average Bonchev–Trinajstić information content (AvgIpc) is 2.86. The summed E-state index contributed by atoms with van der Waals surface area (Å²) >= 11 is 0. The normalized spacial score (nSPS) is 17.8. The molecule has 0 aliphatic heterocycles. The maximum absolute atomic E-state index is 11.1. The summed E-state index contributed by atoms with van der Waals surface area (Å²) in [5.74, 6) is 0.664. The second-order valence-corrected chi connectivity index (χ2v) is 3.25. The molecule has 1 heteroatoms. The van der Waals surface area contributed by atoms with E-state index in [1.54, 1.807) is 6.08 Å².